The topological polar surface area (TPSA) is 93.7 Å². The van der Waals surface area contributed by atoms with Gasteiger partial charge in [-0.3, -0.25) is 9.52 Å². The lowest BCUT2D eigenvalue weighted by molar-refractivity contribution is -0.118. The van der Waals surface area contributed by atoms with E-state index in [1.807, 2.05) is 12.1 Å². The number of benzene rings is 3. The Morgan fingerprint density at radius 3 is 2.20 bits per heavy atom. The van der Waals surface area contributed by atoms with Gasteiger partial charge >= 0.3 is 0 Å². The summed E-state index contributed by atoms with van der Waals surface area (Å²) >= 11 is 3.35. The number of hydrogen-bond donors (Lipinski definition) is 2. The van der Waals surface area contributed by atoms with Crippen LogP contribution in [0, 0.1) is 0 Å². The quantitative estimate of drug-likeness (QED) is 0.491. The Morgan fingerprint density at radius 1 is 0.933 bits per heavy atom. The number of carbonyl (C=O) groups is 1. The van der Waals surface area contributed by atoms with Crippen molar-refractivity contribution in [1.82, 2.24) is 0 Å². The summed E-state index contributed by atoms with van der Waals surface area (Å²) in [7, 11) is -2.22. The number of halogens is 1. The molecule has 0 radical (unpaired) electrons. The van der Waals surface area contributed by atoms with Crippen LogP contribution in [0.3, 0.4) is 0 Å². The van der Waals surface area contributed by atoms with Crippen molar-refractivity contribution in [3.63, 3.8) is 0 Å². The maximum Gasteiger partial charge on any atom is 0.262 e. The van der Waals surface area contributed by atoms with E-state index < -0.39 is 10.0 Å². The van der Waals surface area contributed by atoms with Crippen molar-refractivity contribution < 1.29 is 22.7 Å². The molecule has 0 bridgehead atoms. The van der Waals surface area contributed by atoms with E-state index in [1.54, 1.807) is 36.4 Å². The zero-order valence-corrected chi connectivity index (χ0v) is 18.4. The minimum Gasteiger partial charge on any atom is -0.497 e. The van der Waals surface area contributed by atoms with Crippen molar-refractivity contribution in [1.29, 1.82) is 0 Å². The predicted octanol–water partition coefficient (Wildman–Crippen LogP) is 4.28. The molecule has 0 fully saturated rings. The molecule has 30 heavy (non-hydrogen) atoms. The number of amides is 1. The zero-order chi connectivity index (χ0) is 21.6. The van der Waals surface area contributed by atoms with Crippen molar-refractivity contribution in [3.8, 4) is 11.5 Å². The highest BCUT2D eigenvalue weighted by atomic mass is 79.9. The van der Waals surface area contributed by atoms with Crippen LogP contribution in [0.5, 0.6) is 11.5 Å². The van der Waals surface area contributed by atoms with E-state index in [1.165, 1.54) is 31.4 Å². The summed E-state index contributed by atoms with van der Waals surface area (Å²) in [6, 6.07) is 19.6. The lowest BCUT2D eigenvalue weighted by Gasteiger charge is -2.11. The summed E-state index contributed by atoms with van der Waals surface area (Å²) in [4.78, 5) is 12.1. The molecule has 2 N–H and O–H groups in total. The van der Waals surface area contributed by atoms with Crippen molar-refractivity contribution in [2.24, 2.45) is 0 Å². The van der Waals surface area contributed by atoms with Crippen molar-refractivity contribution in [2.45, 2.75) is 4.90 Å². The second-order valence-electron chi connectivity index (χ2n) is 6.12. The second kappa shape index (κ2) is 9.64. The van der Waals surface area contributed by atoms with Crippen LogP contribution in [0.25, 0.3) is 0 Å². The largest absolute Gasteiger partial charge is 0.497 e. The Balaban J connectivity index is 1.58. The molecule has 156 valence electrons. The number of methoxy groups -OCH3 is 1. The Bertz CT molecular complexity index is 1120. The molecule has 0 saturated carbocycles. The number of hydrogen-bond acceptors (Lipinski definition) is 5. The third-order valence-electron chi connectivity index (χ3n) is 3.99. The molecular weight excluding hydrogens is 472 g/mol. The van der Waals surface area contributed by atoms with Gasteiger partial charge in [-0.1, -0.05) is 12.1 Å². The Morgan fingerprint density at radius 2 is 1.57 bits per heavy atom. The van der Waals surface area contributed by atoms with Crippen LogP contribution in [0.2, 0.25) is 0 Å². The number of para-hydroxylation sites is 1. The third kappa shape index (κ3) is 5.74. The van der Waals surface area contributed by atoms with Crippen LogP contribution >= 0.6 is 15.9 Å². The van der Waals surface area contributed by atoms with Gasteiger partial charge in [-0.25, -0.2) is 8.42 Å². The number of ether oxygens (including phenoxy) is 2. The van der Waals surface area contributed by atoms with Gasteiger partial charge in [-0.05, 0) is 76.6 Å². The molecule has 3 aromatic rings. The maximum absolute atomic E-state index is 12.5. The minimum atomic E-state index is -3.76. The molecule has 9 heteroatoms. The minimum absolute atomic E-state index is 0.0725. The molecule has 0 saturated heterocycles. The molecule has 0 spiro atoms. The molecule has 0 atom stereocenters. The van der Waals surface area contributed by atoms with E-state index in [-0.39, 0.29) is 17.4 Å². The molecule has 0 aliphatic heterocycles. The Kier molecular flexibility index (Phi) is 6.96. The van der Waals surface area contributed by atoms with Gasteiger partial charge in [0, 0.05) is 10.2 Å². The van der Waals surface area contributed by atoms with Crippen molar-refractivity contribution in [3.05, 3.63) is 77.3 Å². The number of rotatable bonds is 8. The average Bonchev–Trinajstić information content (AvgIpc) is 2.74. The smallest absolute Gasteiger partial charge is 0.262 e. The molecule has 3 aromatic carbocycles. The van der Waals surface area contributed by atoms with Crippen molar-refractivity contribution in [2.75, 3.05) is 23.8 Å². The van der Waals surface area contributed by atoms with Gasteiger partial charge in [0.2, 0.25) is 0 Å². The highest BCUT2D eigenvalue weighted by Crippen LogP contribution is 2.22. The van der Waals surface area contributed by atoms with Crippen LogP contribution in [-0.4, -0.2) is 28.0 Å². The number of nitrogens with one attached hydrogen (secondary N) is 2. The van der Waals surface area contributed by atoms with Crippen molar-refractivity contribution >= 4 is 43.2 Å². The Labute approximate surface area is 183 Å². The molecule has 0 aromatic heterocycles. The van der Waals surface area contributed by atoms with Crippen LogP contribution < -0.4 is 19.5 Å². The normalized spacial score (nSPS) is 10.9. The fourth-order valence-corrected chi connectivity index (χ4v) is 3.93. The van der Waals surface area contributed by atoms with Gasteiger partial charge in [0.25, 0.3) is 15.9 Å². The molecule has 3 rings (SSSR count). The first-order valence-corrected chi connectivity index (χ1v) is 11.1. The summed E-state index contributed by atoms with van der Waals surface area (Å²) in [5.41, 5.74) is 1.05. The molecular formula is C21H19BrN2O5S. The highest BCUT2D eigenvalue weighted by Gasteiger charge is 2.14. The molecule has 1 amide bonds. The molecule has 0 unspecified atom stereocenters. The van der Waals surface area contributed by atoms with E-state index in [2.05, 4.69) is 26.0 Å². The fraction of sp³-hybridized carbons (Fsp3) is 0.0952. The molecule has 0 aliphatic carbocycles. The van der Waals surface area contributed by atoms with Gasteiger partial charge in [0.05, 0.1) is 17.7 Å². The second-order valence-corrected chi connectivity index (χ2v) is 8.66. The lowest BCUT2D eigenvalue weighted by atomic mass is 10.3. The molecule has 0 aliphatic rings. The van der Waals surface area contributed by atoms with E-state index in [0.29, 0.717) is 22.9 Å². The highest BCUT2D eigenvalue weighted by molar-refractivity contribution is 9.10. The summed E-state index contributed by atoms with van der Waals surface area (Å²) < 4.78 is 38.8. The molecule has 7 nitrogen and oxygen atoms in total. The van der Waals surface area contributed by atoms with Crippen LogP contribution in [0.1, 0.15) is 0 Å². The van der Waals surface area contributed by atoms with Gasteiger partial charge in [0.15, 0.2) is 6.61 Å². The Hall–Kier alpha value is -3.04. The lowest BCUT2D eigenvalue weighted by Crippen LogP contribution is -2.20. The van der Waals surface area contributed by atoms with E-state index in [0.717, 1.165) is 4.47 Å². The van der Waals surface area contributed by atoms with Crippen LogP contribution in [-0.2, 0) is 14.8 Å². The van der Waals surface area contributed by atoms with Gasteiger partial charge in [0.1, 0.15) is 11.5 Å². The summed E-state index contributed by atoms with van der Waals surface area (Å²) in [6.45, 7) is -0.211. The number of sulfonamides is 1. The standard InChI is InChI=1S/C21H19BrN2O5S/c1-28-16-8-6-15(7-9-16)24-30(26,27)18-12-10-17(11-13-18)29-14-21(25)23-20-5-3-2-4-19(20)22/h2-13,24H,14H2,1H3,(H,23,25). The van der Waals surface area contributed by atoms with Crippen LogP contribution in [0.15, 0.2) is 82.2 Å². The third-order valence-corrected chi connectivity index (χ3v) is 6.08. The first kappa shape index (κ1) is 21.7. The zero-order valence-electron chi connectivity index (χ0n) is 16.0. The molecule has 0 heterocycles. The maximum atomic E-state index is 12.5. The first-order valence-electron chi connectivity index (χ1n) is 8.81. The first-order chi connectivity index (χ1) is 14.4. The van der Waals surface area contributed by atoms with Gasteiger partial charge < -0.3 is 14.8 Å². The van der Waals surface area contributed by atoms with Gasteiger partial charge in [-0.2, -0.15) is 0 Å². The fourth-order valence-electron chi connectivity index (χ4n) is 2.49. The van der Waals surface area contributed by atoms with E-state index >= 15 is 0 Å². The summed E-state index contributed by atoms with van der Waals surface area (Å²) in [6.07, 6.45) is 0. The van der Waals surface area contributed by atoms with Crippen LogP contribution in [0.4, 0.5) is 11.4 Å². The number of anilines is 2. The monoisotopic (exact) mass is 490 g/mol. The SMILES string of the molecule is COc1ccc(NS(=O)(=O)c2ccc(OCC(=O)Nc3ccccc3Br)cc2)cc1. The predicted molar refractivity (Wildman–Crippen MR) is 119 cm³/mol. The van der Waals surface area contributed by atoms with E-state index in [9.17, 15) is 13.2 Å². The van der Waals surface area contributed by atoms with E-state index in [4.69, 9.17) is 9.47 Å². The summed E-state index contributed by atoms with van der Waals surface area (Å²) in [5, 5.41) is 2.73. The number of carbonyl (C=O) groups excluding carboxylic acids is 1. The average molecular weight is 491 g/mol. The summed E-state index contributed by atoms with van der Waals surface area (Å²) in [5.74, 6) is 0.670. The van der Waals surface area contributed by atoms with Gasteiger partial charge in [-0.15, -0.1) is 0 Å².